The number of aliphatic hydroxyl groups excluding tert-OH is 3. The fraction of sp³-hybridized carbons (Fsp3) is 0.619. The van der Waals surface area contributed by atoms with Gasteiger partial charge in [0.15, 0.2) is 5.96 Å². The Labute approximate surface area is 382 Å². The van der Waals surface area contributed by atoms with Crippen LogP contribution in [0.4, 0.5) is 0 Å². The highest BCUT2D eigenvalue weighted by Crippen LogP contribution is 2.21. The molecule has 0 bridgehead atoms. The molecule has 10 atom stereocenters. The smallest absolute Gasteiger partial charge is 0.248 e. The molecule has 0 aromatic heterocycles. The molecule has 0 spiro atoms. The summed E-state index contributed by atoms with van der Waals surface area (Å²) >= 11 is 0. The maximum absolute atomic E-state index is 14.2. The third-order valence-corrected chi connectivity index (χ3v) is 10.9. The van der Waals surface area contributed by atoms with Crippen LogP contribution < -0.4 is 54.4 Å². The van der Waals surface area contributed by atoms with Crippen LogP contribution in [-0.2, 0) is 49.6 Å². The fourth-order valence-corrected chi connectivity index (χ4v) is 7.41. The molecule has 66 heavy (non-hydrogen) atoms. The maximum atomic E-state index is 14.2. The van der Waals surface area contributed by atoms with E-state index in [9.17, 15) is 58.5 Å². The number of primary amides is 1. The highest BCUT2D eigenvalue weighted by atomic mass is 16.3. The molecule has 0 unspecified atom stereocenters. The van der Waals surface area contributed by atoms with Crippen molar-refractivity contribution in [3.63, 3.8) is 0 Å². The molecule has 0 saturated carbocycles. The molecule has 1 aromatic carbocycles. The minimum atomic E-state index is -1.72. The van der Waals surface area contributed by atoms with Gasteiger partial charge in [-0.25, -0.2) is 0 Å². The monoisotopic (exact) mass is 930 g/mol. The van der Waals surface area contributed by atoms with Crippen molar-refractivity contribution in [3.8, 4) is 0 Å². The molecule has 3 rings (SSSR count). The van der Waals surface area contributed by atoms with Crippen LogP contribution in [0.2, 0.25) is 0 Å². The Kier molecular flexibility index (Phi) is 21.2. The van der Waals surface area contributed by atoms with E-state index in [1.807, 2.05) is 13.8 Å². The van der Waals surface area contributed by atoms with Crippen LogP contribution in [0.25, 0.3) is 0 Å². The zero-order valence-electron chi connectivity index (χ0n) is 37.7. The minimum absolute atomic E-state index is 0.0143. The molecule has 2 fully saturated rings. The van der Waals surface area contributed by atoms with Gasteiger partial charge in [-0.05, 0) is 63.9 Å². The molecule has 24 nitrogen and oxygen atoms in total. The first-order valence-corrected chi connectivity index (χ1v) is 21.9. The Morgan fingerprint density at radius 3 is 1.92 bits per heavy atom. The normalized spacial score (nSPS) is 19.3. The lowest BCUT2D eigenvalue weighted by Crippen LogP contribution is -2.63. The van der Waals surface area contributed by atoms with Gasteiger partial charge in [0, 0.05) is 25.9 Å². The van der Waals surface area contributed by atoms with Crippen molar-refractivity contribution in [2.45, 2.75) is 140 Å². The average molecular weight is 931 g/mol. The Balaban J connectivity index is 1.80. The molecule has 2 heterocycles. The number of rotatable bonds is 25. The lowest BCUT2D eigenvalue weighted by Gasteiger charge is -2.32. The van der Waals surface area contributed by atoms with E-state index in [4.69, 9.17) is 17.2 Å². The van der Waals surface area contributed by atoms with Gasteiger partial charge in [0.1, 0.15) is 48.3 Å². The Morgan fingerprint density at radius 2 is 1.36 bits per heavy atom. The van der Waals surface area contributed by atoms with Crippen LogP contribution in [0.3, 0.4) is 0 Å². The molecular formula is C42H66N12O12. The number of aliphatic imine (C=N–C) groups is 1. The van der Waals surface area contributed by atoms with Gasteiger partial charge in [0.2, 0.25) is 53.2 Å². The van der Waals surface area contributed by atoms with Gasteiger partial charge in [-0.1, -0.05) is 44.2 Å². The summed E-state index contributed by atoms with van der Waals surface area (Å²) in [5, 5.41) is 48.6. The van der Waals surface area contributed by atoms with Gasteiger partial charge >= 0.3 is 0 Å². The standard InChI is InChI=1S/C42H66N12O12/c1-21(2)18-27(34(43)59)49-35(60)25(12-8-16-46-42(44)45)48-39(64)30-13-9-17-54(30)41(66)33(23(4)57)53-37(62)28(19-24-10-6-5-7-11-24)50-38(63)29(20-55)51-40(65)32(22(3)56)52-36(61)26-14-15-31(58)47-26/h5-7,10-11,21-23,25-30,32-33,55-57H,8-9,12-20H2,1-4H3,(H2,43,59)(H,47,58)(H,48,64)(H,49,60)(H,50,63)(H,51,65)(H,52,61)(H,53,62)(H4,44,45,46)/t22-,23-,25+,26+,27+,28+,29+,30+,32+,33+/m1/s1. The van der Waals surface area contributed by atoms with Gasteiger partial charge in [-0.2, -0.15) is 0 Å². The summed E-state index contributed by atoms with van der Waals surface area (Å²) in [6, 6.07) is -2.49. The highest BCUT2D eigenvalue weighted by Gasteiger charge is 2.42. The van der Waals surface area contributed by atoms with Gasteiger partial charge < -0.3 is 74.6 Å². The molecule has 9 amide bonds. The summed E-state index contributed by atoms with van der Waals surface area (Å²) in [7, 11) is 0. The van der Waals surface area contributed by atoms with E-state index in [0.29, 0.717) is 12.0 Å². The summed E-state index contributed by atoms with van der Waals surface area (Å²) < 4.78 is 0. The topological polar surface area (TPSA) is 392 Å². The fourth-order valence-electron chi connectivity index (χ4n) is 7.41. The van der Waals surface area contributed by atoms with Crippen molar-refractivity contribution in [2.75, 3.05) is 19.7 Å². The van der Waals surface area contributed by atoms with Crippen molar-refractivity contribution in [3.05, 3.63) is 35.9 Å². The summed E-state index contributed by atoms with van der Waals surface area (Å²) in [5.41, 5.74) is 16.9. The number of hydrogen-bond acceptors (Lipinski definition) is 13. The van der Waals surface area contributed by atoms with Gasteiger partial charge in [-0.15, -0.1) is 0 Å². The second-order valence-electron chi connectivity index (χ2n) is 16.9. The maximum Gasteiger partial charge on any atom is 0.248 e. The Hall–Kier alpha value is -6.40. The summed E-state index contributed by atoms with van der Waals surface area (Å²) in [4.78, 5) is 124. The van der Waals surface area contributed by atoms with Gasteiger partial charge in [0.05, 0.1) is 18.8 Å². The van der Waals surface area contributed by atoms with E-state index in [1.54, 1.807) is 30.3 Å². The number of nitrogens with one attached hydrogen (secondary N) is 7. The molecule has 24 heteroatoms. The second kappa shape index (κ2) is 25.9. The number of aliphatic hydroxyl groups is 3. The largest absolute Gasteiger partial charge is 0.394 e. The van der Waals surface area contributed by atoms with Gasteiger partial charge in [-0.3, -0.25) is 48.1 Å². The number of amides is 9. The molecule has 0 radical (unpaired) electrons. The molecule has 2 saturated heterocycles. The first-order valence-electron chi connectivity index (χ1n) is 21.9. The molecule has 16 N–H and O–H groups in total. The van der Waals surface area contributed by atoms with Crippen LogP contribution in [0.15, 0.2) is 35.3 Å². The molecule has 1 aromatic rings. The summed E-state index contributed by atoms with van der Waals surface area (Å²) in [6.07, 6.45) is -1.99. The van der Waals surface area contributed by atoms with Crippen LogP contribution in [0, 0.1) is 5.92 Å². The van der Waals surface area contributed by atoms with Crippen molar-refractivity contribution in [1.82, 2.24) is 42.1 Å². The lowest BCUT2D eigenvalue weighted by atomic mass is 10.0. The van der Waals surface area contributed by atoms with Crippen LogP contribution >= 0.6 is 0 Å². The molecule has 366 valence electrons. The van der Waals surface area contributed by atoms with E-state index >= 15 is 0 Å². The second-order valence-corrected chi connectivity index (χ2v) is 16.9. The number of carbonyl (C=O) groups excluding carboxylic acids is 9. The number of guanidine groups is 1. The number of benzene rings is 1. The molecule has 2 aliphatic rings. The zero-order chi connectivity index (χ0) is 49.2. The SMILES string of the molecule is CC(C)C[C@H](NC(=O)[C@H](CCCN=C(N)N)NC(=O)[C@@H]1CCCN1C(=O)[C@@H](NC(=O)[C@H](Cc1ccccc1)NC(=O)[C@H](CO)NC(=O)[C@@H](NC(=O)[C@@H]1CCC(=O)N1)[C@@H](C)O)[C@@H](C)O)C(N)=O. The van der Waals surface area contributed by atoms with E-state index in [0.717, 1.165) is 4.90 Å². The first-order chi connectivity index (χ1) is 31.1. The summed E-state index contributed by atoms with van der Waals surface area (Å²) in [5.74, 6) is -7.48. The third-order valence-electron chi connectivity index (χ3n) is 10.9. The Bertz CT molecular complexity index is 1910. The van der Waals surface area contributed by atoms with Crippen LogP contribution in [-0.4, -0.2) is 160 Å². The van der Waals surface area contributed by atoms with E-state index in [2.05, 4.69) is 42.2 Å². The lowest BCUT2D eigenvalue weighted by molar-refractivity contribution is -0.144. The summed E-state index contributed by atoms with van der Waals surface area (Å²) in [6.45, 7) is 5.26. The quantitative estimate of drug-likeness (QED) is 0.0248. The number of hydrogen-bond donors (Lipinski definition) is 13. The minimum Gasteiger partial charge on any atom is -0.394 e. The number of likely N-dealkylation sites (tertiary alicyclic amines) is 1. The Morgan fingerprint density at radius 1 is 0.758 bits per heavy atom. The number of nitrogens with two attached hydrogens (primary N) is 3. The van der Waals surface area contributed by atoms with Crippen molar-refractivity contribution in [2.24, 2.45) is 28.1 Å². The van der Waals surface area contributed by atoms with E-state index in [-0.39, 0.29) is 75.8 Å². The van der Waals surface area contributed by atoms with Crippen molar-refractivity contribution in [1.29, 1.82) is 0 Å². The van der Waals surface area contributed by atoms with Crippen molar-refractivity contribution < 1.29 is 58.5 Å². The predicted molar refractivity (Wildman–Crippen MR) is 237 cm³/mol. The highest BCUT2D eigenvalue weighted by molar-refractivity contribution is 5.99. The molecular weight excluding hydrogens is 865 g/mol. The number of nitrogens with zero attached hydrogens (tertiary/aromatic N) is 2. The third kappa shape index (κ3) is 16.5. The molecule has 2 aliphatic heterocycles. The van der Waals surface area contributed by atoms with Crippen LogP contribution in [0.1, 0.15) is 78.2 Å². The van der Waals surface area contributed by atoms with Gasteiger partial charge in [0.25, 0.3) is 0 Å². The van der Waals surface area contributed by atoms with Crippen LogP contribution in [0.5, 0.6) is 0 Å². The number of carbonyl (C=O) groups is 9. The average Bonchev–Trinajstić information content (AvgIpc) is 3.93. The van der Waals surface area contributed by atoms with E-state index in [1.165, 1.54) is 13.8 Å². The van der Waals surface area contributed by atoms with Crippen molar-refractivity contribution >= 4 is 59.1 Å². The molecule has 0 aliphatic carbocycles. The zero-order valence-corrected chi connectivity index (χ0v) is 37.7. The predicted octanol–water partition coefficient (Wildman–Crippen LogP) is -5.25. The first kappa shape index (κ1) is 53.9. The van der Waals surface area contributed by atoms with E-state index < -0.39 is 114 Å².